The number of likely N-dealkylation sites (N-methyl/N-ethyl adjacent to an activating group) is 1. The molecule has 0 heterocycles. The van der Waals surface area contributed by atoms with Crippen LogP contribution in [0.15, 0.2) is 0 Å². The lowest BCUT2D eigenvalue weighted by Crippen LogP contribution is -2.45. The van der Waals surface area contributed by atoms with E-state index in [2.05, 4.69) is 20.9 Å². The number of nitrogens with two attached hydrogens (primary N) is 1. The monoisotopic (exact) mass is 234 g/mol. The molecule has 0 bridgehead atoms. The predicted octanol–water partition coefficient (Wildman–Crippen LogP) is -0.797. The first-order valence-corrected chi connectivity index (χ1v) is 5.61. The van der Waals surface area contributed by atoms with Gasteiger partial charge in [0.05, 0.1) is 32.7 Å². The van der Waals surface area contributed by atoms with Gasteiger partial charge in [-0.2, -0.15) is 0 Å². The molecule has 0 rings (SSSR count). The van der Waals surface area contributed by atoms with Crippen LogP contribution < -0.4 is 10.8 Å². The molecule has 0 aliphatic carbocycles. The molecule has 1 unspecified atom stereocenters. The third-order valence-electron chi connectivity index (χ3n) is 2.73. The minimum Gasteiger partial charge on any atom is -0.548 e. The van der Waals surface area contributed by atoms with Gasteiger partial charge in [-0.25, -0.2) is 0 Å². The fourth-order valence-electron chi connectivity index (χ4n) is 0.852. The first-order valence-electron chi connectivity index (χ1n) is 5.61. The number of carbonyl (C=O) groups is 1. The van der Waals surface area contributed by atoms with Gasteiger partial charge in [0.1, 0.15) is 6.54 Å². The summed E-state index contributed by atoms with van der Waals surface area (Å²) in [5, 5.41) is 9.46. The second-order valence-corrected chi connectivity index (χ2v) is 4.08. The summed E-state index contributed by atoms with van der Waals surface area (Å²) in [4.78, 5) is 9.46. The molecule has 5 heteroatoms. The molecule has 0 saturated heterocycles. The van der Waals surface area contributed by atoms with E-state index >= 15 is 0 Å². The van der Waals surface area contributed by atoms with Crippen LogP contribution in [0.2, 0.25) is 0 Å². The number of rotatable bonds is 6. The molecule has 0 spiro atoms. The number of aliphatic carboxylic acids is 1. The van der Waals surface area contributed by atoms with Crippen LogP contribution in [0, 0.1) is 0 Å². The Hall–Kier alpha value is -0.650. The SMILES string of the molecule is CC(N)C(=O)[O-].CC[N+](C)(CC)CCOC. The van der Waals surface area contributed by atoms with E-state index in [4.69, 9.17) is 10.5 Å². The third-order valence-corrected chi connectivity index (χ3v) is 2.73. The highest BCUT2D eigenvalue weighted by molar-refractivity contribution is 5.70. The van der Waals surface area contributed by atoms with Crippen LogP contribution in [0.25, 0.3) is 0 Å². The van der Waals surface area contributed by atoms with Gasteiger partial charge < -0.3 is 24.9 Å². The molecule has 0 fully saturated rings. The second kappa shape index (κ2) is 9.57. The minimum absolute atomic E-state index is 0.843. The number of methoxy groups -OCH3 is 1. The van der Waals surface area contributed by atoms with Gasteiger partial charge in [-0.3, -0.25) is 0 Å². The summed E-state index contributed by atoms with van der Waals surface area (Å²) in [6, 6.07) is -0.843. The van der Waals surface area contributed by atoms with Gasteiger partial charge >= 0.3 is 0 Å². The number of ether oxygens (including phenoxy) is 1. The van der Waals surface area contributed by atoms with E-state index < -0.39 is 12.0 Å². The average Bonchev–Trinajstić information content (AvgIpc) is 2.26. The lowest BCUT2D eigenvalue weighted by molar-refractivity contribution is -0.906. The molecule has 98 valence electrons. The molecule has 0 aliphatic rings. The van der Waals surface area contributed by atoms with Crippen LogP contribution in [-0.4, -0.2) is 56.9 Å². The summed E-state index contributed by atoms with van der Waals surface area (Å²) >= 11 is 0. The van der Waals surface area contributed by atoms with Crippen LogP contribution in [0.4, 0.5) is 0 Å². The van der Waals surface area contributed by atoms with E-state index in [0.29, 0.717) is 0 Å². The van der Waals surface area contributed by atoms with Crippen molar-refractivity contribution >= 4 is 5.97 Å². The summed E-state index contributed by atoms with van der Waals surface area (Å²) < 4.78 is 6.14. The summed E-state index contributed by atoms with van der Waals surface area (Å²) in [5.74, 6) is -1.21. The van der Waals surface area contributed by atoms with Gasteiger partial charge in [-0.05, 0) is 20.8 Å². The van der Waals surface area contributed by atoms with Gasteiger partial charge in [0.2, 0.25) is 0 Å². The van der Waals surface area contributed by atoms with Crippen molar-refractivity contribution in [1.29, 1.82) is 0 Å². The van der Waals surface area contributed by atoms with Crippen LogP contribution in [0.3, 0.4) is 0 Å². The Bertz CT molecular complexity index is 180. The maximum Gasteiger partial charge on any atom is 0.102 e. The fourth-order valence-corrected chi connectivity index (χ4v) is 0.852. The highest BCUT2D eigenvalue weighted by Crippen LogP contribution is 1.99. The Labute approximate surface area is 98.8 Å². The van der Waals surface area contributed by atoms with Gasteiger partial charge in [-0.1, -0.05) is 0 Å². The van der Waals surface area contributed by atoms with Crippen molar-refractivity contribution in [3.05, 3.63) is 0 Å². The van der Waals surface area contributed by atoms with Gasteiger partial charge in [0.15, 0.2) is 0 Å². The molecule has 0 aliphatic heterocycles. The summed E-state index contributed by atoms with van der Waals surface area (Å²) in [7, 11) is 4.02. The van der Waals surface area contributed by atoms with Crippen molar-refractivity contribution in [2.75, 3.05) is 40.4 Å². The Balaban J connectivity index is 0. The van der Waals surface area contributed by atoms with E-state index in [1.54, 1.807) is 7.11 Å². The quantitative estimate of drug-likeness (QED) is 0.611. The highest BCUT2D eigenvalue weighted by Gasteiger charge is 2.14. The average molecular weight is 234 g/mol. The number of carbonyl (C=O) groups excluding carboxylic acids is 1. The lowest BCUT2D eigenvalue weighted by atomic mass is 10.4. The van der Waals surface area contributed by atoms with Gasteiger partial charge in [-0.15, -0.1) is 0 Å². The topological polar surface area (TPSA) is 75.4 Å². The molecule has 0 aromatic heterocycles. The van der Waals surface area contributed by atoms with Crippen molar-refractivity contribution in [3.8, 4) is 0 Å². The Kier molecular flexibility index (Phi) is 10.6. The molecular weight excluding hydrogens is 208 g/mol. The predicted molar refractivity (Wildman–Crippen MR) is 62.7 cm³/mol. The largest absolute Gasteiger partial charge is 0.548 e. The number of nitrogens with zero attached hydrogens (tertiary/aromatic N) is 1. The van der Waals surface area contributed by atoms with Crippen molar-refractivity contribution in [3.63, 3.8) is 0 Å². The molecular formula is C11H26N2O3. The minimum atomic E-state index is -1.21. The maximum atomic E-state index is 9.46. The Morgan fingerprint density at radius 2 is 1.81 bits per heavy atom. The molecule has 5 nitrogen and oxygen atoms in total. The molecule has 1 atom stereocenters. The third kappa shape index (κ3) is 9.89. The standard InChI is InChI=1S/C8H20NO.C3H7NO2/c1-5-9(3,6-2)7-8-10-4;1-2(4)3(5)6/h5-8H2,1-4H3;2H,4H2,1H3,(H,5,6)/q+1;/p-1. The summed E-state index contributed by atoms with van der Waals surface area (Å²) in [6.45, 7) is 10.2. The van der Waals surface area contributed by atoms with E-state index in [1.165, 1.54) is 20.0 Å². The zero-order valence-electron chi connectivity index (χ0n) is 11.2. The lowest BCUT2D eigenvalue weighted by Gasteiger charge is -2.31. The highest BCUT2D eigenvalue weighted by atomic mass is 16.5. The van der Waals surface area contributed by atoms with E-state index in [-0.39, 0.29) is 0 Å². The number of carboxylic acids is 1. The second-order valence-electron chi connectivity index (χ2n) is 4.08. The van der Waals surface area contributed by atoms with Gasteiger partial charge in [0.25, 0.3) is 0 Å². The number of hydrogen-bond acceptors (Lipinski definition) is 4. The van der Waals surface area contributed by atoms with Crippen LogP contribution in [0.1, 0.15) is 20.8 Å². The van der Waals surface area contributed by atoms with Crippen LogP contribution in [-0.2, 0) is 9.53 Å². The fraction of sp³-hybridized carbons (Fsp3) is 0.909. The van der Waals surface area contributed by atoms with Crippen LogP contribution in [0.5, 0.6) is 0 Å². The van der Waals surface area contributed by atoms with Crippen molar-refractivity contribution in [1.82, 2.24) is 0 Å². The van der Waals surface area contributed by atoms with Crippen molar-refractivity contribution < 1.29 is 19.1 Å². The molecule has 16 heavy (non-hydrogen) atoms. The Morgan fingerprint density at radius 1 is 1.44 bits per heavy atom. The summed E-state index contributed by atoms with van der Waals surface area (Å²) in [6.07, 6.45) is 0. The van der Waals surface area contributed by atoms with Crippen molar-refractivity contribution in [2.45, 2.75) is 26.8 Å². The molecule has 2 N–H and O–H groups in total. The van der Waals surface area contributed by atoms with Crippen LogP contribution >= 0.6 is 0 Å². The number of hydrogen-bond donors (Lipinski definition) is 1. The molecule has 0 radical (unpaired) electrons. The van der Waals surface area contributed by atoms with E-state index in [1.807, 2.05) is 0 Å². The normalized spacial score (nSPS) is 12.6. The Morgan fingerprint density at radius 3 is 2.00 bits per heavy atom. The molecule has 0 aromatic rings. The summed E-state index contributed by atoms with van der Waals surface area (Å²) in [5.41, 5.74) is 4.77. The van der Waals surface area contributed by atoms with Crippen molar-refractivity contribution in [2.24, 2.45) is 5.73 Å². The maximum absolute atomic E-state index is 9.46. The smallest absolute Gasteiger partial charge is 0.102 e. The number of quaternary nitrogens is 1. The molecule has 0 saturated carbocycles. The first-order chi connectivity index (χ1) is 7.32. The zero-order valence-corrected chi connectivity index (χ0v) is 11.2. The van der Waals surface area contributed by atoms with E-state index in [9.17, 15) is 9.90 Å². The number of carboxylic acid groups (broad SMARTS) is 1. The molecule has 0 amide bonds. The zero-order chi connectivity index (χ0) is 13.2. The first kappa shape index (κ1) is 17.7. The molecule has 0 aromatic carbocycles. The van der Waals surface area contributed by atoms with Gasteiger partial charge in [0, 0.05) is 13.2 Å². The van der Waals surface area contributed by atoms with E-state index in [0.717, 1.165) is 17.6 Å².